The summed E-state index contributed by atoms with van der Waals surface area (Å²) in [5, 5.41) is 13.4. The average Bonchev–Trinajstić information content (AvgIpc) is 2.47. The summed E-state index contributed by atoms with van der Waals surface area (Å²) >= 11 is 0. The largest absolute Gasteiger partial charge is 0.392 e. The van der Waals surface area contributed by atoms with Crippen LogP contribution in [0.1, 0.15) is 65.2 Å². The topological polar surface area (TPSA) is 35.5 Å². The summed E-state index contributed by atoms with van der Waals surface area (Å²) in [6.45, 7) is 7.84. The van der Waals surface area contributed by atoms with Gasteiger partial charge in [0.1, 0.15) is 0 Å². The number of hydrogen-bond acceptors (Lipinski definition) is 3. The molecule has 0 bridgehead atoms. The first-order chi connectivity index (χ1) is 9.70. The number of nitrogens with one attached hydrogen (secondary N) is 1. The average molecular weight is 282 g/mol. The summed E-state index contributed by atoms with van der Waals surface area (Å²) in [5.74, 6) is 0.889. The SMILES string of the molecule is CCCC(O)CNC1CCN(C2CCCCC2C)CC1. The molecule has 118 valence electrons. The third-order valence-electron chi connectivity index (χ3n) is 5.33. The molecule has 3 nitrogen and oxygen atoms in total. The summed E-state index contributed by atoms with van der Waals surface area (Å²) in [6, 6.07) is 1.46. The van der Waals surface area contributed by atoms with Crippen molar-refractivity contribution < 1.29 is 5.11 Å². The quantitative estimate of drug-likeness (QED) is 0.786. The van der Waals surface area contributed by atoms with Crippen molar-refractivity contribution >= 4 is 0 Å². The molecule has 2 fully saturated rings. The van der Waals surface area contributed by atoms with E-state index in [1.807, 2.05) is 0 Å². The molecular weight excluding hydrogens is 248 g/mol. The van der Waals surface area contributed by atoms with Gasteiger partial charge in [-0.3, -0.25) is 0 Å². The van der Waals surface area contributed by atoms with Gasteiger partial charge in [-0.2, -0.15) is 0 Å². The molecule has 1 aliphatic carbocycles. The van der Waals surface area contributed by atoms with Gasteiger partial charge in [-0.15, -0.1) is 0 Å². The number of likely N-dealkylation sites (tertiary alicyclic amines) is 1. The van der Waals surface area contributed by atoms with Gasteiger partial charge < -0.3 is 15.3 Å². The second-order valence-corrected chi connectivity index (χ2v) is 6.99. The van der Waals surface area contributed by atoms with E-state index in [0.717, 1.165) is 31.3 Å². The van der Waals surface area contributed by atoms with E-state index in [1.165, 1.54) is 51.6 Å². The minimum Gasteiger partial charge on any atom is -0.392 e. The molecule has 2 aliphatic rings. The van der Waals surface area contributed by atoms with Crippen molar-refractivity contribution in [2.75, 3.05) is 19.6 Å². The third-order valence-corrected chi connectivity index (χ3v) is 5.33. The molecule has 0 radical (unpaired) electrons. The summed E-state index contributed by atoms with van der Waals surface area (Å²) in [5.41, 5.74) is 0. The van der Waals surface area contributed by atoms with Crippen molar-refractivity contribution in [2.45, 2.75) is 83.4 Å². The van der Waals surface area contributed by atoms with Crippen molar-refractivity contribution in [1.29, 1.82) is 0 Å². The van der Waals surface area contributed by atoms with Gasteiger partial charge in [0.15, 0.2) is 0 Å². The van der Waals surface area contributed by atoms with Crippen LogP contribution in [0.15, 0.2) is 0 Å². The van der Waals surface area contributed by atoms with E-state index in [1.54, 1.807) is 0 Å². The van der Waals surface area contributed by atoms with E-state index in [-0.39, 0.29) is 6.10 Å². The fourth-order valence-electron chi connectivity index (χ4n) is 4.01. The van der Waals surface area contributed by atoms with Crippen LogP contribution < -0.4 is 5.32 Å². The Labute approximate surface area is 125 Å². The monoisotopic (exact) mass is 282 g/mol. The maximum atomic E-state index is 9.80. The molecule has 3 unspecified atom stereocenters. The molecule has 0 aromatic heterocycles. The molecule has 20 heavy (non-hydrogen) atoms. The van der Waals surface area contributed by atoms with Crippen molar-refractivity contribution in [2.24, 2.45) is 5.92 Å². The van der Waals surface area contributed by atoms with Gasteiger partial charge in [0, 0.05) is 18.6 Å². The standard InChI is InChI=1S/C17H34N2O/c1-3-6-16(20)13-18-15-9-11-19(12-10-15)17-8-5-4-7-14(17)2/h14-18,20H,3-13H2,1-2H3. The molecule has 0 spiro atoms. The van der Waals surface area contributed by atoms with E-state index < -0.39 is 0 Å². The lowest BCUT2D eigenvalue weighted by atomic mass is 9.84. The predicted octanol–water partition coefficient (Wildman–Crippen LogP) is 2.78. The number of hydrogen-bond donors (Lipinski definition) is 2. The zero-order chi connectivity index (χ0) is 14.4. The lowest BCUT2D eigenvalue weighted by molar-refractivity contribution is 0.0774. The molecule has 0 aromatic rings. The normalized spacial score (nSPS) is 31.4. The van der Waals surface area contributed by atoms with Crippen LogP contribution in [-0.4, -0.2) is 47.8 Å². The fraction of sp³-hybridized carbons (Fsp3) is 1.00. The molecule has 3 atom stereocenters. The highest BCUT2D eigenvalue weighted by Crippen LogP contribution is 2.29. The molecule has 1 aliphatic heterocycles. The zero-order valence-corrected chi connectivity index (χ0v) is 13.5. The number of aliphatic hydroxyl groups excluding tert-OH is 1. The third kappa shape index (κ3) is 4.71. The first kappa shape index (κ1) is 16.3. The number of aliphatic hydroxyl groups is 1. The Kier molecular flexibility index (Phi) is 6.79. The van der Waals surface area contributed by atoms with Crippen LogP contribution in [0, 0.1) is 5.92 Å². The summed E-state index contributed by atoms with van der Waals surface area (Å²) in [4.78, 5) is 2.74. The van der Waals surface area contributed by atoms with E-state index in [0.29, 0.717) is 6.04 Å². The lowest BCUT2D eigenvalue weighted by Crippen LogP contribution is -2.50. The smallest absolute Gasteiger partial charge is 0.0664 e. The second-order valence-electron chi connectivity index (χ2n) is 6.99. The lowest BCUT2D eigenvalue weighted by Gasteiger charge is -2.42. The molecular formula is C17H34N2O. The summed E-state index contributed by atoms with van der Waals surface area (Å²) in [6.07, 6.45) is 10.0. The van der Waals surface area contributed by atoms with Crippen LogP contribution in [0.2, 0.25) is 0 Å². The van der Waals surface area contributed by atoms with Crippen LogP contribution in [-0.2, 0) is 0 Å². The minimum absolute atomic E-state index is 0.156. The van der Waals surface area contributed by atoms with Crippen LogP contribution in [0.25, 0.3) is 0 Å². The minimum atomic E-state index is -0.156. The molecule has 2 N–H and O–H groups in total. The summed E-state index contributed by atoms with van der Waals surface area (Å²) in [7, 11) is 0. The van der Waals surface area contributed by atoms with Crippen LogP contribution in [0.3, 0.4) is 0 Å². The molecule has 0 aromatic carbocycles. The van der Waals surface area contributed by atoms with Crippen molar-refractivity contribution in [1.82, 2.24) is 10.2 Å². The highest BCUT2D eigenvalue weighted by molar-refractivity contribution is 4.86. The Morgan fingerprint density at radius 2 is 1.85 bits per heavy atom. The van der Waals surface area contributed by atoms with E-state index >= 15 is 0 Å². The molecule has 3 heteroatoms. The molecule has 1 heterocycles. The number of nitrogens with zero attached hydrogens (tertiary/aromatic N) is 1. The number of piperidine rings is 1. The Bertz CT molecular complexity index is 264. The molecule has 0 amide bonds. The van der Waals surface area contributed by atoms with Gasteiger partial charge in [-0.1, -0.05) is 33.1 Å². The Hall–Kier alpha value is -0.120. The predicted molar refractivity (Wildman–Crippen MR) is 84.9 cm³/mol. The zero-order valence-electron chi connectivity index (χ0n) is 13.5. The Morgan fingerprint density at radius 1 is 1.15 bits per heavy atom. The first-order valence-electron chi connectivity index (χ1n) is 8.86. The Morgan fingerprint density at radius 3 is 2.50 bits per heavy atom. The van der Waals surface area contributed by atoms with Crippen LogP contribution >= 0.6 is 0 Å². The van der Waals surface area contributed by atoms with Gasteiger partial charge in [0.25, 0.3) is 0 Å². The van der Waals surface area contributed by atoms with Crippen LogP contribution in [0.5, 0.6) is 0 Å². The second kappa shape index (κ2) is 8.35. The van der Waals surface area contributed by atoms with E-state index in [2.05, 4.69) is 24.1 Å². The maximum Gasteiger partial charge on any atom is 0.0664 e. The molecule has 1 saturated carbocycles. The van der Waals surface area contributed by atoms with Crippen molar-refractivity contribution in [3.05, 3.63) is 0 Å². The van der Waals surface area contributed by atoms with Crippen LogP contribution in [0.4, 0.5) is 0 Å². The summed E-state index contributed by atoms with van der Waals surface area (Å²) < 4.78 is 0. The maximum absolute atomic E-state index is 9.80. The van der Waals surface area contributed by atoms with E-state index in [4.69, 9.17) is 0 Å². The number of rotatable bonds is 6. The van der Waals surface area contributed by atoms with Gasteiger partial charge in [-0.05, 0) is 51.1 Å². The first-order valence-corrected chi connectivity index (χ1v) is 8.86. The molecule has 2 rings (SSSR count). The van der Waals surface area contributed by atoms with Crippen molar-refractivity contribution in [3.63, 3.8) is 0 Å². The Balaban J connectivity index is 1.67. The van der Waals surface area contributed by atoms with Crippen molar-refractivity contribution in [3.8, 4) is 0 Å². The van der Waals surface area contributed by atoms with Gasteiger partial charge >= 0.3 is 0 Å². The van der Waals surface area contributed by atoms with Gasteiger partial charge in [-0.25, -0.2) is 0 Å². The highest BCUT2D eigenvalue weighted by atomic mass is 16.3. The highest BCUT2D eigenvalue weighted by Gasteiger charge is 2.30. The van der Waals surface area contributed by atoms with Gasteiger partial charge in [0.2, 0.25) is 0 Å². The van der Waals surface area contributed by atoms with Gasteiger partial charge in [0.05, 0.1) is 6.10 Å². The van der Waals surface area contributed by atoms with E-state index in [9.17, 15) is 5.11 Å². The fourth-order valence-corrected chi connectivity index (χ4v) is 4.01. The molecule has 1 saturated heterocycles.